The minimum atomic E-state index is 0.256. The van der Waals surface area contributed by atoms with Crippen molar-refractivity contribution in [2.24, 2.45) is 4.99 Å². The molecule has 5 heteroatoms. The van der Waals surface area contributed by atoms with Crippen LogP contribution in [-0.4, -0.2) is 49.5 Å². The van der Waals surface area contributed by atoms with E-state index in [1.54, 1.807) is 7.05 Å². The SMILES string of the molecule is CN=C(NCCC(=O)N1CCCCC1C)N1CCc2ccccc21. The summed E-state index contributed by atoms with van der Waals surface area (Å²) in [6.07, 6.45) is 5.07. The van der Waals surface area contributed by atoms with Gasteiger partial charge in [-0.25, -0.2) is 0 Å². The Hall–Kier alpha value is -2.04. The summed E-state index contributed by atoms with van der Waals surface area (Å²) < 4.78 is 0. The van der Waals surface area contributed by atoms with Crippen LogP contribution in [0, 0.1) is 0 Å². The number of hydrogen-bond acceptors (Lipinski definition) is 2. The standard InChI is InChI=1S/C19H28N4O/c1-15-7-5-6-13-22(15)18(24)10-12-21-19(20-2)23-14-11-16-8-3-4-9-17(16)23/h3-4,8-9,15H,5-7,10-14H2,1-2H3,(H,20,21). The number of carbonyl (C=O) groups is 1. The number of para-hydroxylation sites is 1. The molecule has 24 heavy (non-hydrogen) atoms. The van der Waals surface area contributed by atoms with E-state index in [1.807, 2.05) is 4.90 Å². The van der Waals surface area contributed by atoms with E-state index in [0.717, 1.165) is 38.3 Å². The average molecular weight is 328 g/mol. The van der Waals surface area contributed by atoms with E-state index in [2.05, 4.69) is 46.4 Å². The van der Waals surface area contributed by atoms with E-state index in [-0.39, 0.29) is 5.91 Å². The summed E-state index contributed by atoms with van der Waals surface area (Å²) in [7, 11) is 1.80. The number of hydrogen-bond donors (Lipinski definition) is 1. The molecular formula is C19H28N4O. The molecule has 1 amide bonds. The van der Waals surface area contributed by atoms with Crippen molar-refractivity contribution in [2.45, 2.75) is 45.1 Å². The van der Waals surface area contributed by atoms with Gasteiger partial charge in [-0.15, -0.1) is 0 Å². The van der Waals surface area contributed by atoms with Crippen LogP contribution in [0.1, 0.15) is 38.2 Å². The van der Waals surface area contributed by atoms with Gasteiger partial charge in [0, 0.05) is 44.8 Å². The minimum Gasteiger partial charge on any atom is -0.355 e. The number of aliphatic imine (C=N–C) groups is 1. The highest BCUT2D eigenvalue weighted by molar-refractivity contribution is 5.98. The molecule has 2 aliphatic heterocycles. The van der Waals surface area contributed by atoms with Crippen LogP contribution in [-0.2, 0) is 11.2 Å². The van der Waals surface area contributed by atoms with Crippen molar-refractivity contribution in [3.05, 3.63) is 29.8 Å². The summed E-state index contributed by atoms with van der Waals surface area (Å²) in [6.45, 7) is 4.64. The largest absolute Gasteiger partial charge is 0.355 e. The van der Waals surface area contributed by atoms with Crippen molar-refractivity contribution in [3.8, 4) is 0 Å². The molecule has 0 radical (unpaired) electrons. The zero-order valence-electron chi connectivity index (χ0n) is 14.8. The summed E-state index contributed by atoms with van der Waals surface area (Å²) in [4.78, 5) is 21.1. The van der Waals surface area contributed by atoms with Crippen molar-refractivity contribution in [2.75, 3.05) is 31.6 Å². The molecule has 1 saturated heterocycles. The normalized spacial score (nSPS) is 20.9. The minimum absolute atomic E-state index is 0.256. The van der Waals surface area contributed by atoms with Crippen LogP contribution in [0.2, 0.25) is 0 Å². The molecule has 1 unspecified atom stereocenters. The van der Waals surface area contributed by atoms with Gasteiger partial charge in [-0.2, -0.15) is 0 Å². The van der Waals surface area contributed by atoms with E-state index in [0.29, 0.717) is 19.0 Å². The van der Waals surface area contributed by atoms with Crippen LogP contribution in [0.15, 0.2) is 29.3 Å². The molecule has 3 rings (SSSR count). The number of carbonyl (C=O) groups excluding carboxylic acids is 1. The molecular weight excluding hydrogens is 300 g/mol. The van der Waals surface area contributed by atoms with Crippen LogP contribution in [0.4, 0.5) is 5.69 Å². The molecule has 1 atom stereocenters. The Labute approximate surface area is 144 Å². The van der Waals surface area contributed by atoms with Crippen molar-refractivity contribution in [1.29, 1.82) is 0 Å². The fourth-order valence-corrected chi connectivity index (χ4v) is 3.75. The number of piperidine rings is 1. The summed E-state index contributed by atoms with van der Waals surface area (Å²) in [5.74, 6) is 1.12. The molecule has 0 aromatic heterocycles. The van der Waals surface area contributed by atoms with Gasteiger partial charge in [-0.3, -0.25) is 9.79 Å². The van der Waals surface area contributed by atoms with Gasteiger partial charge in [-0.05, 0) is 44.2 Å². The fraction of sp³-hybridized carbons (Fsp3) is 0.579. The van der Waals surface area contributed by atoms with E-state index in [1.165, 1.54) is 17.7 Å². The maximum Gasteiger partial charge on any atom is 0.224 e. The molecule has 130 valence electrons. The van der Waals surface area contributed by atoms with E-state index >= 15 is 0 Å². The highest BCUT2D eigenvalue weighted by atomic mass is 16.2. The molecule has 2 heterocycles. The number of nitrogens with zero attached hydrogens (tertiary/aromatic N) is 3. The van der Waals surface area contributed by atoms with Gasteiger partial charge >= 0.3 is 0 Å². The van der Waals surface area contributed by atoms with Gasteiger partial charge in [0.1, 0.15) is 0 Å². The third-order valence-corrected chi connectivity index (χ3v) is 5.10. The van der Waals surface area contributed by atoms with Gasteiger partial charge in [0.2, 0.25) is 5.91 Å². The molecule has 0 spiro atoms. The lowest BCUT2D eigenvalue weighted by molar-refractivity contribution is -0.134. The second-order valence-electron chi connectivity index (χ2n) is 6.69. The first-order chi connectivity index (χ1) is 11.7. The molecule has 1 aromatic carbocycles. The maximum absolute atomic E-state index is 12.4. The first-order valence-electron chi connectivity index (χ1n) is 9.06. The Kier molecular flexibility index (Phi) is 5.38. The van der Waals surface area contributed by atoms with Gasteiger partial charge in [-0.1, -0.05) is 18.2 Å². The van der Waals surface area contributed by atoms with Crippen molar-refractivity contribution in [3.63, 3.8) is 0 Å². The number of anilines is 1. The number of likely N-dealkylation sites (tertiary alicyclic amines) is 1. The molecule has 1 N–H and O–H groups in total. The lowest BCUT2D eigenvalue weighted by atomic mass is 10.0. The first-order valence-corrected chi connectivity index (χ1v) is 9.06. The summed E-state index contributed by atoms with van der Waals surface area (Å²) in [6, 6.07) is 8.83. The van der Waals surface area contributed by atoms with Crippen molar-refractivity contribution >= 4 is 17.6 Å². The molecule has 0 aliphatic carbocycles. The lowest BCUT2D eigenvalue weighted by Gasteiger charge is -2.33. The van der Waals surface area contributed by atoms with E-state index in [4.69, 9.17) is 0 Å². The van der Waals surface area contributed by atoms with Crippen molar-refractivity contribution in [1.82, 2.24) is 10.2 Å². The average Bonchev–Trinajstić information content (AvgIpc) is 3.03. The number of nitrogens with one attached hydrogen (secondary N) is 1. The Morgan fingerprint density at radius 2 is 2.12 bits per heavy atom. The van der Waals surface area contributed by atoms with Gasteiger partial charge < -0.3 is 15.1 Å². The quantitative estimate of drug-likeness (QED) is 0.685. The zero-order valence-corrected chi connectivity index (χ0v) is 14.8. The topological polar surface area (TPSA) is 47.9 Å². The lowest BCUT2D eigenvalue weighted by Crippen LogP contribution is -2.45. The third-order valence-electron chi connectivity index (χ3n) is 5.10. The Bertz CT molecular complexity index is 613. The highest BCUT2D eigenvalue weighted by Crippen LogP contribution is 2.27. The second kappa shape index (κ2) is 7.69. The van der Waals surface area contributed by atoms with Crippen molar-refractivity contribution < 1.29 is 4.79 Å². The number of benzene rings is 1. The smallest absolute Gasteiger partial charge is 0.224 e. The predicted molar refractivity (Wildman–Crippen MR) is 98.5 cm³/mol. The van der Waals surface area contributed by atoms with Gasteiger partial charge in [0.05, 0.1) is 0 Å². The fourth-order valence-electron chi connectivity index (χ4n) is 3.75. The van der Waals surface area contributed by atoms with Crippen LogP contribution in [0.25, 0.3) is 0 Å². The molecule has 1 aromatic rings. The number of amides is 1. The molecule has 2 aliphatic rings. The van der Waals surface area contributed by atoms with Crippen LogP contribution in [0.5, 0.6) is 0 Å². The zero-order chi connectivity index (χ0) is 16.9. The van der Waals surface area contributed by atoms with E-state index in [9.17, 15) is 4.79 Å². The Morgan fingerprint density at radius 3 is 2.92 bits per heavy atom. The monoisotopic (exact) mass is 328 g/mol. The first kappa shape index (κ1) is 16.8. The second-order valence-corrected chi connectivity index (χ2v) is 6.69. The molecule has 5 nitrogen and oxygen atoms in total. The summed E-state index contributed by atoms with van der Waals surface area (Å²) in [5.41, 5.74) is 2.58. The maximum atomic E-state index is 12.4. The summed E-state index contributed by atoms with van der Waals surface area (Å²) >= 11 is 0. The van der Waals surface area contributed by atoms with E-state index < -0.39 is 0 Å². The molecule has 1 fully saturated rings. The van der Waals surface area contributed by atoms with Gasteiger partial charge in [0.25, 0.3) is 0 Å². The van der Waals surface area contributed by atoms with Crippen LogP contribution in [0.3, 0.4) is 0 Å². The van der Waals surface area contributed by atoms with Gasteiger partial charge in [0.15, 0.2) is 5.96 Å². The third kappa shape index (κ3) is 3.55. The Balaban J connectivity index is 1.53. The Morgan fingerprint density at radius 1 is 1.29 bits per heavy atom. The number of fused-ring (bicyclic) bond motifs is 1. The number of rotatable bonds is 3. The predicted octanol–water partition coefficient (Wildman–Crippen LogP) is 2.42. The van der Waals surface area contributed by atoms with Crippen LogP contribution >= 0.6 is 0 Å². The molecule has 0 saturated carbocycles. The number of guanidine groups is 1. The molecule has 0 bridgehead atoms. The summed E-state index contributed by atoms with van der Waals surface area (Å²) in [5, 5.41) is 3.37. The van der Waals surface area contributed by atoms with Crippen LogP contribution < -0.4 is 10.2 Å². The highest BCUT2D eigenvalue weighted by Gasteiger charge is 2.24.